The minimum atomic E-state index is 0.242. The summed E-state index contributed by atoms with van der Waals surface area (Å²) in [5.41, 5.74) is 8.76. The molecule has 2 aliphatic rings. The van der Waals surface area contributed by atoms with Crippen molar-refractivity contribution in [3.8, 4) is 0 Å². The molecule has 20 heavy (non-hydrogen) atoms. The smallest absolute Gasteiger partial charge is 0.0954 e. The van der Waals surface area contributed by atoms with E-state index in [-0.39, 0.29) is 6.10 Å². The third-order valence-electron chi connectivity index (χ3n) is 5.02. The lowest BCUT2D eigenvalue weighted by molar-refractivity contribution is 0.00166. The van der Waals surface area contributed by atoms with Crippen molar-refractivity contribution in [2.75, 3.05) is 32.8 Å². The third-order valence-corrected chi connectivity index (χ3v) is 5.02. The van der Waals surface area contributed by atoms with E-state index in [9.17, 15) is 0 Å². The second kappa shape index (κ2) is 6.25. The first-order chi connectivity index (χ1) is 9.78. The predicted octanol–water partition coefficient (Wildman–Crippen LogP) is 2.22. The molecule has 0 amide bonds. The highest BCUT2D eigenvalue weighted by molar-refractivity contribution is 5.31. The zero-order valence-corrected chi connectivity index (χ0v) is 12.4. The third kappa shape index (κ3) is 2.90. The summed E-state index contributed by atoms with van der Waals surface area (Å²) in [5, 5.41) is 0. The molecule has 0 spiro atoms. The van der Waals surface area contributed by atoms with E-state index in [1.54, 1.807) is 0 Å². The molecule has 0 aromatic heterocycles. The monoisotopic (exact) mass is 274 g/mol. The molecule has 1 saturated heterocycles. The van der Waals surface area contributed by atoms with Crippen molar-refractivity contribution in [2.24, 2.45) is 17.6 Å². The van der Waals surface area contributed by atoms with Gasteiger partial charge in [0.15, 0.2) is 0 Å². The predicted molar refractivity (Wildman–Crippen MR) is 81.6 cm³/mol. The summed E-state index contributed by atoms with van der Waals surface area (Å²) in [6.07, 6.45) is 2.55. The molecule has 2 aliphatic heterocycles. The van der Waals surface area contributed by atoms with Crippen LogP contribution >= 0.6 is 0 Å². The van der Waals surface area contributed by atoms with E-state index in [1.165, 1.54) is 24.1 Å². The first-order valence-electron chi connectivity index (χ1n) is 7.89. The second-order valence-corrected chi connectivity index (χ2v) is 6.33. The Hall–Kier alpha value is -0.900. The number of hydrogen-bond donors (Lipinski definition) is 1. The van der Waals surface area contributed by atoms with Crippen LogP contribution in [0.4, 0.5) is 0 Å². The van der Waals surface area contributed by atoms with Gasteiger partial charge in [-0.3, -0.25) is 0 Å². The van der Waals surface area contributed by atoms with Crippen molar-refractivity contribution in [1.29, 1.82) is 0 Å². The maximum Gasteiger partial charge on any atom is 0.0954 e. The van der Waals surface area contributed by atoms with Gasteiger partial charge in [-0.25, -0.2) is 0 Å². The Morgan fingerprint density at radius 1 is 1.35 bits per heavy atom. The second-order valence-electron chi connectivity index (χ2n) is 6.33. The van der Waals surface area contributed by atoms with E-state index in [2.05, 4.69) is 36.1 Å². The number of nitrogens with two attached hydrogens (primary N) is 1. The Bertz CT molecular complexity index is 448. The van der Waals surface area contributed by atoms with E-state index < -0.39 is 0 Å². The summed E-state index contributed by atoms with van der Waals surface area (Å²) in [6, 6.07) is 8.73. The molecule has 1 fully saturated rings. The Morgan fingerprint density at radius 2 is 2.20 bits per heavy atom. The fourth-order valence-corrected chi connectivity index (χ4v) is 3.56. The van der Waals surface area contributed by atoms with Crippen LogP contribution in [-0.2, 0) is 11.2 Å². The van der Waals surface area contributed by atoms with Gasteiger partial charge in [-0.15, -0.1) is 0 Å². The lowest BCUT2D eigenvalue weighted by Crippen LogP contribution is -2.44. The normalized spacial score (nSPS) is 31.0. The molecule has 1 aromatic rings. The molecule has 0 radical (unpaired) electrons. The molecular weight excluding hydrogens is 248 g/mol. The Kier molecular flexibility index (Phi) is 4.39. The Morgan fingerprint density at radius 3 is 3.05 bits per heavy atom. The quantitative estimate of drug-likeness (QED) is 0.918. The van der Waals surface area contributed by atoms with Gasteiger partial charge in [0.25, 0.3) is 0 Å². The van der Waals surface area contributed by atoms with Crippen LogP contribution in [-0.4, -0.2) is 37.7 Å². The summed E-state index contributed by atoms with van der Waals surface area (Å²) >= 11 is 0. The fourth-order valence-electron chi connectivity index (χ4n) is 3.56. The minimum Gasteiger partial charge on any atom is -0.372 e. The van der Waals surface area contributed by atoms with Crippen LogP contribution in [0.15, 0.2) is 24.3 Å². The lowest BCUT2D eigenvalue weighted by Gasteiger charge is -2.39. The SMILES string of the molecule is CC1CCN(CC2OCCc3ccccc32)CC1CN. The van der Waals surface area contributed by atoms with E-state index in [4.69, 9.17) is 10.5 Å². The van der Waals surface area contributed by atoms with Gasteiger partial charge in [-0.05, 0) is 48.9 Å². The Labute approximate surface area is 122 Å². The van der Waals surface area contributed by atoms with Gasteiger partial charge in [0.1, 0.15) is 0 Å². The van der Waals surface area contributed by atoms with Gasteiger partial charge in [0, 0.05) is 13.1 Å². The number of likely N-dealkylation sites (tertiary alicyclic amines) is 1. The number of ether oxygens (including phenoxy) is 1. The fraction of sp³-hybridized carbons (Fsp3) is 0.647. The van der Waals surface area contributed by atoms with Crippen LogP contribution < -0.4 is 5.73 Å². The number of fused-ring (bicyclic) bond motifs is 1. The first kappa shape index (κ1) is 14.1. The molecule has 1 aromatic carbocycles. The van der Waals surface area contributed by atoms with Gasteiger partial charge in [0.2, 0.25) is 0 Å². The summed E-state index contributed by atoms with van der Waals surface area (Å²) in [6.45, 7) is 7.31. The van der Waals surface area contributed by atoms with Gasteiger partial charge in [-0.1, -0.05) is 31.2 Å². The van der Waals surface area contributed by atoms with Crippen LogP contribution in [0.5, 0.6) is 0 Å². The summed E-state index contributed by atoms with van der Waals surface area (Å²) in [7, 11) is 0. The van der Waals surface area contributed by atoms with Crippen molar-refractivity contribution in [1.82, 2.24) is 4.90 Å². The molecule has 0 aliphatic carbocycles. The van der Waals surface area contributed by atoms with Crippen molar-refractivity contribution in [3.05, 3.63) is 35.4 Å². The summed E-state index contributed by atoms with van der Waals surface area (Å²) < 4.78 is 6.03. The molecule has 3 unspecified atom stereocenters. The van der Waals surface area contributed by atoms with E-state index in [1.807, 2.05) is 0 Å². The lowest BCUT2D eigenvalue weighted by atomic mass is 9.86. The maximum absolute atomic E-state index is 6.03. The van der Waals surface area contributed by atoms with Crippen LogP contribution in [0.25, 0.3) is 0 Å². The van der Waals surface area contributed by atoms with Crippen molar-refractivity contribution >= 4 is 0 Å². The molecule has 110 valence electrons. The van der Waals surface area contributed by atoms with Gasteiger partial charge in [-0.2, -0.15) is 0 Å². The highest BCUT2D eigenvalue weighted by atomic mass is 16.5. The zero-order valence-electron chi connectivity index (χ0n) is 12.4. The molecule has 0 bridgehead atoms. The van der Waals surface area contributed by atoms with E-state index in [0.717, 1.165) is 38.6 Å². The summed E-state index contributed by atoms with van der Waals surface area (Å²) in [4.78, 5) is 2.55. The van der Waals surface area contributed by atoms with Crippen LogP contribution in [0.1, 0.15) is 30.6 Å². The number of hydrogen-bond acceptors (Lipinski definition) is 3. The molecule has 3 heteroatoms. The largest absolute Gasteiger partial charge is 0.372 e. The highest BCUT2D eigenvalue weighted by Gasteiger charge is 2.28. The molecule has 3 atom stereocenters. The van der Waals surface area contributed by atoms with Crippen molar-refractivity contribution in [2.45, 2.75) is 25.9 Å². The average molecular weight is 274 g/mol. The molecule has 0 saturated carbocycles. The molecular formula is C17H26N2O. The maximum atomic E-state index is 6.03. The van der Waals surface area contributed by atoms with Gasteiger partial charge in [0.05, 0.1) is 12.7 Å². The zero-order chi connectivity index (χ0) is 13.9. The topological polar surface area (TPSA) is 38.5 Å². The first-order valence-corrected chi connectivity index (χ1v) is 7.89. The van der Waals surface area contributed by atoms with Crippen molar-refractivity contribution < 1.29 is 4.74 Å². The van der Waals surface area contributed by atoms with Gasteiger partial charge < -0.3 is 15.4 Å². The highest BCUT2D eigenvalue weighted by Crippen LogP contribution is 2.30. The van der Waals surface area contributed by atoms with Crippen LogP contribution in [0.3, 0.4) is 0 Å². The molecule has 3 rings (SSSR count). The van der Waals surface area contributed by atoms with Crippen LogP contribution in [0, 0.1) is 11.8 Å². The van der Waals surface area contributed by atoms with Crippen molar-refractivity contribution in [3.63, 3.8) is 0 Å². The van der Waals surface area contributed by atoms with E-state index in [0.29, 0.717) is 5.92 Å². The average Bonchev–Trinajstić information content (AvgIpc) is 2.49. The number of nitrogens with zero attached hydrogens (tertiary/aromatic N) is 1. The van der Waals surface area contributed by atoms with Gasteiger partial charge >= 0.3 is 0 Å². The molecule has 2 heterocycles. The minimum absolute atomic E-state index is 0.242. The number of rotatable bonds is 3. The molecule has 3 nitrogen and oxygen atoms in total. The summed E-state index contributed by atoms with van der Waals surface area (Å²) in [5.74, 6) is 1.40. The van der Waals surface area contributed by atoms with Crippen LogP contribution in [0.2, 0.25) is 0 Å². The van der Waals surface area contributed by atoms with E-state index >= 15 is 0 Å². The standard InChI is InChI=1S/C17H26N2O/c1-13-6-8-19(11-15(13)10-18)12-17-16-5-3-2-4-14(16)7-9-20-17/h2-5,13,15,17H,6-12,18H2,1H3. The number of benzene rings is 1. The Balaban J connectivity index is 1.67. The number of piperidine rings is 1. The molecule has 2 N–H and O–H groups in total.